The molecular formula is C37H58O5. The van der Waals surface area contributed by atoms with Gasteiger partial charge in [-0.25, -0.2) is 0 Å². The normalized spacial score (nSPS) is 26.7. The first-order valence-corrected chi connectivity index (χ1v) is 15.4. The van der Waals surface area contributed by atoms with Gasteiger partial charge in [0.15, 0.2) is 22.8 Å². The Morgan fingerprint density at radius 1 is 0.905 bits per heavy atom. The third-order valence-electron chi connectivity index (χ3n) is 8.97. The number of allylic oxidation sites excluding steroid dienone is 10. The molecule has 0 aliphatic heterocycles. The summed E-state index contributed by atoms with van der Waals surface area (Å²) in [4.78, 5) is 43.9. The highest BCUT2D eigenvalue weighted by Crippen LogP contribution is 2.68. The molecule has 2 rings (SSSR count). The molecule has 2 bridgehead atoms. The van der Waals surface area contributed by atoms with Crippen molar-refractivity contribution in [2.24, 2.45) is 28.1 Å². The molecule has 0 aromatic heterocycles. The number of hydrogen-bond donors (Lipinski definition) is 1. The molecule has 1 saturated carbocycles. The number of ketones is 3. The highest BCUT2D eigenvalue weighted by molar-refractivity contribution is 6.27. The van der Waals surface area contributed by atoms with Gasteiger partial charge in [-0.3, -0.25) is 14.4 Å². The Hall–Kier alpha value is -2.53. The van der Waals surface area contributed by atoms with Crippen LogP contribution >= 0.6 is 0 Å². The minimum Gasteiger partial charge on any atom is -0.510 e. The van der Waals surface area contributed by atoms with Gasteiger partial charge < -0.3 is 9.84 Å². The summed E-state index contributed by atoms with van der Waals surface area (Å²) in [5.41, 5.74) is 0.611. The highest BCUT2D eigenvalue weighted by Gasteiger charge is 2.75. The van der Waals surface area contributed by atoms with E-state index in [0.717, 1.165) is 16.7 Å². The van der Waals surface area contributed by atoms with Gasteiger partial charge in [-0.15, -0.1) is 0 Å². The van der Waals surface area contributed by atoms with E-state index >= 15 is 0 Å². The van der Waals surface area contributed by atoms with Crippen LogP contribution in [0.15, 0.2) is 57.9 Å². The molecule has 42 heavy (non-hydrogen) atoms. The van der Waals surface area contributed by atoms with Gasteiger partial charge >= 0.3 is 0 Å². The Bertz CT molecular complexity index is 1160. The molecule has 0 amide bonds. The highest BCUT2D eigenvalue weighted by atomic mass is 16.4. The lowest BCUT2D eigenvalue weighted by Gasteiger charge is -2.61. The molecule has 2 aliphatic rings. The zero-order chi connectivity index (χ0) is 32.6. The summed E-state index contributed by atoms with van der Waals surface area (Å²) in [6, 6.07) is 0. The Balaban J connectivity index is 0.00000281. The lowest BCUT2D eigenvalue weighted by atomic mass is 9.38. The van der Waals surface area contributed by atoms with E-state index in [2.05, 4.69) is 16.9 Å². The summed E-state index contributed by atoms with van der Waals surface area (Å²) in [5.74, 6) is -1.87. The summed E-state index contributed by atoms with van der Waals surface area (Å²) in [6.07, 6.45) is 10.9. The van der Waals surface area contributed by atoms with Crippen molar-refractivity contribution in [3.05, 3.63) is 57.9 Å². The number of aliphatic hydroxyl groups is 1. The molecule has 1 N–H and O–H groups in total. The van der Waals surface area contributed by atoms with Crippen LogP contribution in [0.5, 0.6) is 0 Å². The van der Waals surface area contributed by atoms with E-state index in [-0.39, 0.29) is 47.4 Å². The second-order valence-corrected chi connectivity index (χ2v) is 13.9. The molecule has 4 atom stereocenters. The van der Waals surface area contributed by atoms with E-state index in [1.165, 1.54) is 5.57 Å². The number of carbonyl (C=O) groups excluding carboxylic acids is 3. The van der Waals surface area contributed by atoms with Crippen LogP contribution in [0.2, 0.25) is 0 Å². The fraction of sp³-hybridized carbons (Fsp3) is 0.649. The number of ether oxygens (including phenoxy) is 1. The fourth-order valence-corrected chi connectivity index (χ4v) is 6.72. The molecular weight excluding hydrogens is 524 g/mol. The second-order valence-electron chi connectivity index (χ2n) is 13.9. The van der Waals surface area contributed by atoms with Gasteiger partial charge in [-0.1, -0.05) is 67.4 Å². The summed E-state index contributed by atoms with van der Waals surface area (Å²) in [5, 5.41) is 12.2. The quantitative estimate of drug-likeness (QED) is 0.194. The van der Waals surface area contributed by atoms with Crippen LogP contribution in [0.25, 0.3) is 0 Å². The van der Waals surface area contributed by atoms with E-state index in [0.29, 0.717) is 25.7 Å². The minimum atomic E-state index is -1.76. The summed E-state index contributed by atoms with van der Waals surface area (Å²) in [7, 11) is 3.25. The summed E-state index contributed by atoms with van der Waals surface area (Å²) < 4.78 is 4.25. The van der Waals surface area contributed by atoms with Gasteiger partial charge in [0, 0.05) is 25.7 Å². The molecule has 5 nitrogen and oxygen atoms in total. The SMILES string of the molecule is CC(C)=CCC[C@]1(C)[C@@H](CC=C(C)C)C[C@]2(CC=C(C)C)C(=O)C(CC=C(C)C)=C(O)[C@@]1(C(=O)C(C)C)C2=O.COC. The van der Waals surface area contributed by atoms with Crippen LogP contribution in [0.3, 0.4) is 0 Å². The maximum absolute atomic E-state index is 15.0. The van der Waals surface area contributed by atoms with Crippen molar-refractivity contribution in [2.75, 3.05) is 14.2 Å². The predicted molar refractivity (Wildman–Crippen MR) is 174 cm³/mol. The van der Waals surface area contributed by atoms with Crippen molar-refractivity contribution in [3.8, 4) is 0 Å². The zero-order valence-corrected chi connectivity index (χ0v) is 28.8. The standard InChI is InChI=1S/C35H52O4.C2H6O/c1-22(2)13-12-19-33(11)27(16-14-23(3)4)21-34(20-18-25(7)8)30(37)28(17-15-24(5)6)31(38)35(33,32(34)39)29(36)26(9)10;1-3-2/h13-15,18,26-27,38H,12,16-17,19-21H2,1-11H3;1-2H3/t27-,33+,34+,35-;/m0./s1. The Morgan fingerprint density at radius 3 is 1.86 bits per heavy atom. The van der Waals surface area contributed by atoms with Crippen LogP contribution < -0.4 is 0 Å². The van der Waals surface area contributed by atoms with Gasteiger partial charge in [-0.2, -0.15) is 0 Å². The van der Waals surface area contributed by atoms with Crippen LogP contribution in [0, 0.1) is 28.1 Å². The number of Topliss-reactive ketones (excluding diaryl/α,β-unsaturated/α-hetero) is 3. The van der Waals surface area contributed by atoms with E-state index in [4.69, 9.17) is 0 Å². The lowest BCUT2D eigenvalue weighted by Crippen LogP contribution is -2.70. The molecule has 2 aliphatic carbocycles. The van der Waals surface area contributed by atoms with Crippen LogP contribution in [-0.4, -0.2) is 36.7 Å². The third-order valence-corrected chi connectivity index (χ3v) is 8.97. The molecule has 0 radical (unpaired) electrons. The maximum Gasteiger partial charge on any atom is 0.176 e. The van der Waals surface area contributed by atoms with Crippen molar-refractivity contribution in [1.82, 2.24) is 0 Å². The molecule has 5 heteroatoms. The average molecular weight is 583 g/mol. The van der Waals surface area contributed by atoms with Crippen molar-refractivity contribution < 1.29 is 24.2 Å². The van der Waals surface area contributed by atoms with Gasteiger partial charge in [0.25, 0.3) is 0 Å². The summed E-state index contributed by atoms with van der Waals surface area (Å²) in [6.45, 7) is 21.6. The van der Waals surface area contributed by atoms with E-state index in [1.54, 1.807) is 28.1 Å². The van der Waals surface area contributed by atoms with E-state index < -0.39 is 22.2 Å². The van der Waals surface area contributed by atoms with Crippen LogP contribution in [0.1, 0.15) is 115 Å². The van der Waals surface area contributed by atoms with Gasteiger partial charge in [-0.05, 0) is 105 Å². The summed E-state index contributed by atoms with van der Waals surface area (Å²) >= 11 is 0. The van der Waals surface area contributed by atoms with Crippen molar-refractivity contribution >= 4 is 17.3 Å². The largest absolute Gasteiger partial charge is 0.510 e. The van der Waals surface area contributed by atoms with Crippen LogP contribution in [0.4, 0.5) is 0 Å². The minimum absolute atomic E-state index is 0.139. The molecule has 0 spiro atoms. The number of fused-ring (bicyclic) bond motifs is 2. The Kier molecular flexibility index (Phi) is 13.6. The number of methoxy groups -OCH3 is 1. The van der Waals surface area contributed by atoms with Crippen molar-refractivity contribution in [1.29, 1.82) is 0 Å². The van der Waals surface area contributed by atoms with Crippen LogP contribution in [-0.2, 0) is 19.1 Å². The van der Waals surface area contributed by atoms with Crippen molar-refractivity contribution in [2.45, 2.75) is 115 Å². The lowest BCUT2D eigenvalue weighted by molar-refractivity contribution is -0.178. The number of aliphatic hydroxyl groups excluding tert-OH is 1. The first-order valence-electron chi connectivity index (χ1n) is 15.4. The molecule has 236 valence electrons. The number of rotatable bonds is 11. The average Bonchev–Trinajstić information content (AvgIpc) is 2.87. The zero-order valence-electron chi connectivity index (χ0n) is 28.8. The van der Waals surface area contributed by atoms with E-state index in [9.17, 15) is 19.5 Å². The first kappa shape index (κ1) is 37.5. The van der Waals surface area contributed by atoms with Crippen molar-refractivity contribution in [3.63, 3.8) is 0 Å². The topological polar surface area (TPSA) is 80.7 Å². The molecule has 0 aromatic carbocycles. The Labute approximate surface area is 256 Å². The fourth-order valence-electron chi connectivity index (χ4n) is 6.72. The molecule has 1 fully saturated rings. The third kappa shape index (κ3) is 7.33. The monoisotopic (exact) mass is 582 g/mol. The predicted octanol–water partition coefficient (Wildman–Crippen LogP) is 9.25. The number of hydrogen-bond acceptors (Lipinski definition) is 5. The molecule has 0 saturated heterocycles. The van der Waals surface area contributed by atoms with Gasteiger partial charge in [0.05, 0.1) is 5.41 Å². The molecule has 0 unspecified atom stereocenters. The number of carbonyl (C=O) groups is 3. The second kappa shape index (κ2) is 15.3. The van der Waals surface area contributed by atoms with Gasteiger partial charge in [0.2, 0.25) is 0 Å². The molecule has 0 aromatic rings. The van der Waals surface area contributed by atoms with Gasteiger partial charge in [0.1, 0.15) is 5.76 Å². The Morgan fingerprint density at radius 2 is 1.40 bits per heavy atom. The molecule has 0 heterocycles. The maximum atomic E-state index is 15.0. The van der Waals surface area contributed by atoms with E-state index in [1.807, 2.05) is 74.5 Å². The first-order chi connectivity index (χ1) is 19.4. The smallest absolute Gasteiger partial charge is 0.176 e.